The van der Waals surface area contributed by atoms with Gasteiger partial charge in [-0.05, 0) is 11.3 Å². The standard InChI is InChI=1S/C14H21NO2S/c1-2-18-9-8-14(17)15-10-13(11-16)12-6-4-3-5-7-12/h3-7,13,16H,2,8-11H2,1H3,(H,15,17)/t13-/m0/s1. The molecule has 0 bridgehead atoms. The fourth-order valence-electron chi connectivity index (χ4n) is 1.65. The molecule has 2 N–H and O–H groups in total. The Morgan fingerprint density at radius 1 is 1.39 bits per heavy atom. The van der Waals surface area contributed by atoms with Gasteiger partial charge in [0.2, 0.25) is 5.91 Å². The summed E-state index contributed by atoms with van der Waals surface area (Å²) >= 11 is 1.76. The smallest absolute Gasteiger partial charge is 0.220 e. The monoisotopic (exact) mass is 267 g/mol. The fraction of sp³-hybridized carbons (Fsp3) is 0.500. The van der Waals surface area contributed by atoms with Crippen LogP contribution in [0.25, 0.3) is 0 Å². The van der Waals surface area contributed by atoms with E-state index in [-0.39, 0.29) is 18.4 Å². The Balaban J connectivity index is 2.34. The molecule has 0 aromatic heterocycles. The molecule has 0 aliphatic rings. The van der Waals surface area contributed by atoms with Crippen LogP contribution in [0, 0.1) is 0 Å². The van der Waals surface area contributed by atoms with Gasteiger partial charge in [0.25, 0.3) is 0 Å². The molecule has 3 nitrogen and oxygen atoms in total. The molecule has 1 aromatic rings. The minimum Gasteiger partial charge on any atom is -0.396 e. The number of nitrogens with one attached hydrogen (secondary N) is 1. The number of thioether (sulfide) groups is 1. The summed E-state index contributed by atoms with van der Waals surface area (Å²) in [4.78, 5) is 11.6. The molecule has 0 saturated carbocycles. The molecule has 0 radical (unpaired) electrons. The van der Waals surface area contributed by atoms with Crippen LogP contribution in [0.4, 0.5) is 0 Å². The summed E-state index contributed by atoms with van der Waals surface area (Å²) in [5, 5.41) is 12.2. The van der Waals surface area contributed by atoms with E-state index in [4.69, 9.17) is 0 Å². The third kappa shape index (κ3) is 5.56. The van der Waals surface area contributed by atoms with Crippen molar-refractivity contribution in [2.75, 3.05) is 24.7 Å². The van der Waals surface area contributed by atoms with Crippen LogP contribution in [-0.4, -0.2) is 35.7 Å². The SMILES string of the molecule is CCSCCC(=O)NC[C@@H](CO)c1ccccc1. The van der Waals surface area contributed by atoms with Crippen LogP contribution in [0.5, 0.6) is 0 Å². The number of aliphatic hydroxyl groups excluding tert-OH is 1. The van der Waals surface area contributed by atoms with Gasteiger partial charge < -0.3 is 10.4 Å². The number of hydrogen-bond acceptors (Lipinski definition) is 3. The first-order chi connectivity index (χ1) is 8.77. The van der Waals surface area contributed by atoms with Crippen LogP contribution < -0.4 is 5.32 Å². The van der Waals surface area contributed by atoms with Crippen LogP contribution in [0.3, 0.4) is 0 Å². The first-order valence-corrected chi connectivity index (χ1v) is 7.43. The van der Waals surface area contributed by atoms with Crippen LogP contribution in [0.2, 0.25) is 0 Å². The summed E-state index contributed by atoms with van der Waals surface area (Å²) < 4.78 is 0. The number of benzene rings is 1. The lowest BCUT2D eigenvalue weighted by Gasteiger charge is -2.15. The van der Waals surface area contributed by atoms with Crippen molar-refractivity contribution in [1.29, 1.82) is 0 Å². The molecule has 1 aromatic carbocycles. The molecule has 0 heterocycles. The molecule has 18 heavy (non-hydrogen) atoms. The molecular formula is C14H21NO2S. The summed E-state index contributed by atoms with van der Waals surface area (Å²) in [7, 11) is 0. The first-order valence-electron chi connectivity index (χ1n) is 6.28. The van der Waals surface area contributed by atoms with E-state index in [1.807, 2.05) is 30.3 Å². The maximum atomic E-state index is 11.6. The van der Waals surface area contributed by atoms with E-state index in [0.29, 0.717) is 13.0 Å². The largest absolute Gasteiger partial charge is 0.396 e. The van der Waals surface area contributed by atoms with Crippen molar-refractivity contribution >= 4 is 17.7 Å². The number of rotatable bonds is 8. The van der Waals surface area contributed by atoms with Gasteiger partial charge >= 0.3 is 0 Å². The predicted octanol–water partition coefficient (Wildman–Crippen LogP) is 2.02. The Bertz CT molecular complexity index is 343. The Kier molecular flexibility index (Phi) is 7.53. The van der Waals surface area contributed by atoms with Crippen molar-refractivity contribution in [3.05, 3.63) is 35.9 Å². The van der Waals surface area contributed by atoms with Crippen molar-refractivity contribution in [2.45, 2.75) is 19.3 Å². The second-order valence-electron chi connectivity index (χ2n) is 4.04. The van der Waals surface area contributed by atoms with E-state index in [9.17, 15) is 9.90 Å². The Morgan fingerprint density at radius 3 is 2.72 bits per heavy atom. The summed E-state index contributed by atoms with van der Waals surface area (Å²) in [6.07, 6.45) is 0.547. The molecule has 0 aliphatic carbocycles. The van der Waals surface area contributed by atoms with Gasteiger partial charge in [-0.1, -0.05) is 37.3 Å². The molecule has 0 aliphatic heterocycles. The number of carbonyl (C=O) groups excluding carboxylic acids is 1. The lowest BCUT2D eigenvalue weighted by molar-refractivity contribution is -0.120. The maximum absolute atomic E-state index is 11.6. The normalized spacial score (nSPS) is 12.1. The van der Waals surface area contributed by atoms with E-state index in [1.165, 1.54) is 0 Å². The van der Waals surface area contributed by atoms with Gasteiger partial charge in [-0.3, -0.25) is 4.79 Å². The Hall–Kier alpha value is -1.00. The summed E-state index contributed by atoms with van der Waals surface area (Å²) in [5.74, 6) is 1.94. The van der Waals surface area contributed by atoms with Gasteiger partial charge in [-0.25, -0.2) is 0 Å². The highest BCUT2D eigenvalue weighted by atomic mass is 32.2. The maximum Gasteiger partial charge on any atom is 0.220 e. The molecule has 1 atom stereocenters. The van der Waals surface area contributed by atoms with E-state index in [2.05, 4.69) is 12.2 Å². The highest BCUT2D eigenvalue weighted by molar-refractivity contribution is 7.99. The van der Waals surface area contributed by atoms with Crippen LogP contribution in [-0.2, 0) is 4.79 Å². The molecular weight excluding hydrogens is 246 g/mol. The molecule has 100 valence electrons. The average molecular weight is 267 g/mol. The van der Waals surface area contributed by atoms with Crippen LogP contribution >= 0.6 is 11.8 Å². The van der Waals surface area contributed by atoms with Gasteiger partial charge in [-0.2, -0.15) is 11.8 Å². The van der Waals surface area contributed by atoms with Crippen LogP contribution in [0.1, 0.15) is 24.8 Å². The summed E-state index contributed by atoms with van der Waals surface area (Å²) in [6.45, 7) is 2.63. The number of amides is 1. The molecule has 0 spiro atoms. The van der Waals surface area contributed by atoms with E-state index in [1.54, 1.807) is 11.8 Å². The summed E-state index contributed by atoms with van der Waals surface area (Å²) in [5.41, 5.74) is 1.06. The van der Waals surface area contributed by atoms with Gasteiger partial charge in [0.1, 0.15) is 0 Å². The van der Waals surface area contributed by atoms with E-state index in [0.717, 1.165) is 17.1 Å². The lowest BCUT2D eigenvalue weighted by atomic mass is 10.0. The quantitative estimate of drug-likeness (QED) is 0.709. The minimum absolute atomic E-state index is 0.0195. The van der Waals surface area contributed by atoms with Gasteiger partial charge in [-0.15, -0.1) is 0 Å². The topological polar surface area (TPSA) is 49.3 Å². The number of aliphatic hydroxyl groups is 1. The van der Waals surface area contributed by atoms with Gasteiger partial charge in [0.15, 0.2) is 0 Å². The third-order valence-electron chi connectivity index (χ3n) is 2.71. The predicted molar refractivity (Wildman–Crippen MR) is 76.9 cm³/mol. The molecule has 1 amide bonds. The molecule has 0 fully saturated rings. The highest BCUT2D eigenvalue weighted by Gasteiger charge is 2.11. The fourth-order valence-corrected chi connectivity index (χ4v) is 2.27. The zero-order valence-electron chi connectivity index (χ0n) is 10.8. The second-order valence-corrected chi connectivity index (χ2v) is 5.44. The lowest BCUT2D eigenvalue weighted by Crippen LogP contribution is -2.29. The zero-order valence-corrected chi connectivity index (χ0v) is 11.6. The van der Waals surface area contributed by atoms with Crippen molar-refractivity contribution in [1.82, 2.24) is 5.32 Å². The first kappa shape index (κ1) is 15.1. The van der Waals surface area contributed by atoms with E-state index < -0.39 is 0 Å². The molecule has 4 heteroatoms. The van der Waals surface area contributed by atoms with Crippen LogP contribution in [0.15, 0.2) is 30.3 Å². The van der Waals surface area contributed by atoms with Crippen molar-refractivity contribution < 1.29 is 9.90 Å². The van der Waals surface area contributed by atoms with Gasteiger partial charge in [0, 0.05) is 24.6 Å². The Labute approximate surface area is 113 Å². The zero-order chi connectivity index (χ0) is 13.2. The Morgan fingerprint density at radius 2 is 2.11 bits per heavy atom. The highest BCUT2D eigenvalue weighted by Crippen LogP contribution is 2.13. The minimum atomic E-state index is -0.0195. The summed E-state index contributed by atoms with van der Waals surface area (Å²) in [6, 6.07) is 9.77. The molecule has 0 saturated heterocycles. The second kappa shape index (κ2) is 9.00. The number of carbonyl (C=O) groups is 1. The van der Waals surface area contributed by atoms with Crippen molar-refractivity contribution in [2.24, 2.45) is 0 Å². The van der Waals surface area contributed by atoms with E-state index >= 15 is 0 Å². The third-order valence-corrected chi connectivity index (χ3v) is 3.62. The molecule has 1 rings (SSSR count). The molecule has 0 unspecified atom stereocenters. The van der Waals surface area contributed by atoms with Crippen molar-refractivity contribution in [3.8, 4) is 0 Å². The average Bonchev–Trinajstić information content (AvgIpc) is 2.41. The number of hydrogen-bond donors (Lipinski definition) is 2. The van der Waals surface area contributed by atoms with Crippen molar-refractivity contribution in [3.63, 3.8) is 0 Å². The van der Waals surface area contributed by atoms with Gasteiger partial charge in [0.05, 0.1) is 6.61 Å².